The van der Waals surface area contributed by atoms with Crippen molar-refractivity contribution in [1.29, 1.82) is 0 Å². The highest BCUT2D eigenvalue weighted by Crippen LogP contribution is 2.34. The SMILES string of the molecule is CC(C)(C)c1ccc(Pc2ccc(C(C)(C)C)cc2C(C)(C)C)c(C(C)(C)C)c1.CCCCCCl. The normalized spacial score (nSPS) is 12.9. The molecule has 0 nitrogen and oxygen atoms in total. The second kappa shape index (κ2) is 12.6. The molecule has 0 fully saturated rings. The van der Waals surface area contributed by atoms with Crippen LogP contribution in [0.5, 0.6) is 0 Å². The van der Waals surface area contributed by atoms with E-state index in [4.69, 9.17) is 11.6 Å². The first-order chi connectivity index (χ1) is 15.8. The fraction of sp³-hybridized carbons (Fsp3) is 0.636. The maximum Gasteiger partial charge on any atom is 0.0223 e. The maximum atomic E-state index is 5.38. The van der Waals surface area contributed by atoms with E-state index in [1.165, 1.54) is 52.1 Å². The third-order valence-corrected chi connectivity index (χ3v) is 8.07. The lowest BCUT2D eigenvalue weighted by Gasteiger charge is -2.30. The van der Waals surface area contributed by atoms with E-state index in [-0.39, 0.29) is 21.7 Å². The minimum atomic E-state index is 0.136. The van der Waals surface area contributed by atoms with Crippen molar-refractivity contribution >= 4 is 30.8 Å². The van der Waals surface area contributed by atoms with E-state index in [9.17, 15) is 0 Å². The lowest BCUT2D eigenvalue weighted by molar-refractivity contribution is 0.571. The summed E-state index contributed by atoms with van der Waals surface area (Å²) in [6.07, 6.45) is 3.73. The predicted octanol–water partition coefficient (Wildman–Crippen LogP) is 9.92. The van der Waals surface area contributed by atoms with Crippen LogP contribution in [-0.4, -0.2) is 5.88 Å². The van der Waals surface area contributed by atoms with Gasteiger partial charge in [0.1, 0.15) is 0 Å². The van der Waals surface area contributed by atoms with E-state index in [0.29, 0.717) is 8.58 Å². The summed E-state index contributed by atoms with van der Waals surface area (Å²) in [5.41, 5.74) is 6.45. The van der Waals surface area contributed by atoms with Gasteiger partial charge in [0.25, 0.3) is 0 Å². The third-order valence-electron chi connectivity index (χ3n) is 6.39. The standard InChI is InChI=1S/C28H43P.C5H11Cl/c1-25(2,3)19-13-15-23(21(17-19)27(7,8)9)29-24-16-14-20(26(4,5)6)18-22(24)28(10,11)12;1-2-3-4-5-6/h13-18,29H,1-12H3;2-5H2,1H3. The van der Waals surface area contributed by atoms with E-state index < -0.39 is 0 Å². The molecule has 0 bridgehead atoms. The molecule has 0 aromatic heterocycles. The van der Waals surface area contributed by atoms with Crippen molar-refractivity contribution in [2.75, 3.05) is 5.88 Å². The molecule has 0 saturated carbocycles. The maximum absolute atomic E-state index is 5.38. The molecule has 2 aromatic rings. The van der Waals surface area contributed by atoms with E-state index in [0.717, 1.165) is 5.88 Å². The molecular weight excluding hydrogens is 463 g/mol. The van der Waals surface area contributed by atoms with Crippen molar-refractivity contribution < 1.29 is 0 Å². The van der Waals surface area contributed by atoms with Crippen LogP contribution in [0.4, 0.5) is 0 Å². The first kappa shape index (κ1) is 32.2. The summed E-state index contributed by atoms with van der Waals surface area (Å²) in [6.45, 7) is 30.1. The van der Waals surface area contributed by atoms with Crippen molar-refractivity contribution in [3.8, 4) is 0 Å². The largest absolute Gasteiger partial charge is 0.127 e. The Bertz CT molecular complexity index is 850. The topological polar surface area (TPSA) is 0 Å². The number of unbranched alkanes of at least 4 members (excludes halogenated alkanes) is 2. The van der Waals surface area contributed by atoms with Gasteiger partial charge in [-0.15, -0.1) is 11.6 Å². The first-order valence-corrected chi connectivity index (χ1v) is 15.0. The summed E-state index contributed by atoms with van der Waals surface area (Å²) in [4.78, 5) is 0. The molecule has 2 aromatic carbocycles. The number of alkyl halides is 1. The monoisotopic (exact) mass is 516 g/mol. The summed E-state index contributed by atoms with van der Waals surface area (Å²) >= 11 is 5.38. The third kappa shape index (κ3) is 10.2. The van der Waals surface area contributed by atoms with E-state index >= 15 is 0 Å². The van der Waals surface area contributed by atoms with Gasteiger partial charge in [0.05, 0.1) is 0 Å². The molecule has 0 aliphatic carbocycles. The average Bonchev–Trinajstić information content (AvgIpc) is 2.70. The average molecular weight is 517 g/mol. The Morgan fingerprint density at radius 3 is 1.17 bits per heavy atom. The molecule has 0 N–H and O–H groups in total. The molecule has 2 heteroatoms. The van der Waals surface area contributed by atoms with Crippen molar-refractivity contribution in [3.05, 3.63) is 58.7 Å². The molecule has 35 heavy (non-hydrogen) atoms. The van der Waals surface area contributed by atoms with Gasteiger partial charge in [-0.2, -0.15) is 0 Å². The Balaban J connectivity index is 0.000000905. The molecule has 0 spiro atoms. The van der Waals surface area contributed by atoms with Crippen LogP contribution < -0.4 is 10.6 Å². The highest BCUT2D eigenvalue weighted by atomic mass is 35.5. The van der Waals surface area contributed by atoms with Gasteiger partial charge in [0, 0.05) is 5.88 Å². The Hall–Kier alpha value is -0.840. The predicted molar refractivity (Wildman–Crippen MR) is 166 cm³/mol. The molecular formula is C33H54ClP. The summed E-state index contributed by atoms with van der Waals surface area (Å²) in [6, 6.07) is 14.4. The number of hydrogen-bond donors (Lipinski definition) is 0. The van der Waals surface area contributed by atoms with Crippen molar-refractivity contribution in [1.82, 2.24) is 0 Å². The zero-order valence-electron chi connectivity index (χ0n) is 25.2. The molecule has 2 rings (SSSR count). The fourth-order valence-corrected chi connectivity index (χ4v) is 5.95. The second-order valence-corrected chi connectivity index (χ2v) is 15.7. The van der Waals surface area contributed by atoms with Crippen LogP contribution in [0.15, 0.2) is 36.4 Å². The minimum absolute atomic E-state index is 0.136. The number of halogens is 1. The highest BCUT2D eigenvalue weighted by Gasteiger charge is 2.25. The van der Waals surface area contributed by atoms with Crippen molar-refractivity contribution in [3.63, 3.8) is 0 Å². The van der Waals surface area contributed by atoms with Crippen LogP contribution in [0, 0.1) is 0 Å². The van der Waals surface area contributed by atoms with Crippen LogP contribution in [0.25, 0.3) is 0 Å². The molecule has 0 unspecified atom stereocenters. The zero-order valence-corrected chi connectivity index (χ0v) is 26.9. The van der Waals surface area contributed by atoms with Crippen molar-refractivity contribution in [2.24, 2.45) is 0 Å². The van der Waals surface area contributed by atoms with Gasteiger partial charge < -0.3 is 0 Å². The Labute approximate surface area is 225 Å². The second-order valence-electron chi connectivity index (χ2n) is 14.0. The van der Waals surface area contributed by atoms with Gasteiger partial charge >= 0.3 is 0 Å². The molecule has 0 atom stereocenters. The van der Waals surface area contributed by atoms with Crippen LogP contribution in [0.1, 0.15) is 132 Å². The van der Waals surface area contributed by atoms with E-state index in [1.54, 1.807) is 0 Å². The fourth-order valence-electron chi connectivity index (χ4n) is 3.97. The lowest BCUT2D eigenvalue weighted by Crippen LogP contribution is -2.27. The molecule has 0 saturated heterocycles. The molecule has 0 aliphatic heterocycles. The van der Waals surface area contributed by atoms with Gasteiger partial charge in [-0.3, -0.25) is 0 Å². The van der Waals surface area contributed by atoms with Gasteiger partial charge in [-0.1, -0.05) is 148 Å². The smallest absolute Gasteiger partial charge is 0.0223 e. The van der Waals surface area contributed by atoms with Crippen LogP contribution in [0.2, 0.25) is 0 Å². The minimum Gasteiger partial charge on any atom is -0.127 e. The quantitative estimate of drug-likeness (QED) is 0.210. The van der Waals surface area contributed by atoms with Crippen LogP contribution in [-0.2, 0) is 21.7 Å². The van der Waals surface area contributed by atoms with E-state index in [2.05, 4.69) is 126 Å². The van der Waals surface area contributed by atoms with Crippen LogP contribution >= 0.6 is 20.2 Å². The summed E-state index contributed by atoms with van der Waals surface area (Å²) < 4.78 is 0. The Kier molecular flexibility index (Phi) is 11.6. The summed E-state index contributed by atoms with van der Waals surface area (Å²) in [7, 11) is 0.681. The van der Waals surface area contributed by atoms with Gasteiger partial charge in [-0.05, 0) is 60.9 Å². The number of rotatable bonds is 5. The summed E-state index contributed by atoms with van der Waals surface area (Å²) in [5, 5.41) is 2.97. The number of hydrogen-bond acceptors (Lipinski definition) is 0. The molecule has 0 radical (unpaired) electrons. The van der Waals surface area contributed by atoms with E-state index in [1.807, 2.05) is 0 Å². The number of benzene rings is 2. The molecule has 0 amide bonds. The van der Waals surface area contributed by atoms with Crippen LogP contribution in [0.3, 0.4) is 0 Å². The van der Waals surface area contributed by atoms with Gasteiger partial charge in [-0.25, -0.2) is 0 Å². The molecule has 198 valence electrons. The van der Waals surface area contributed by atoms with Crippen molar-refractivity contribution in [2.45, 2.75) is 131 Å². The molecule has 0 aliphatic rings. The first-order valence-electron chi connectivity index (χ1n) is 13.5. The Morgan fingerprint density at radius 1 is 0.571 bits per heavy atom. The Morgan fingerprint density at radius 2 is 0.943 bits per heavy atom. The zero-order chi connectivity index (χ0) is 27.2. The highest BCUT2D eigenvalue weighted by molar-refractivity contribution is 7.55. The van der Waals surface area contributed by atoms with Gasteiger partial charge in [0.2, 0.25) is 0 Å². The summed E-state index contributed by atoms with van der Waals surface area (Å²) in [5.74, 6) is 0.827. The van der Waals surface area contributed by atoms with Gasteiger partial charge in [0.15, 0.2) is 0 Å². The molecule has 0 heterocycles. The lowest BCUT2D eigenvalue weighted by atomic mass is 9.80.